The Kier molecular flexibility index (Phi) is 5.44. The number of nitrogens with zero attached hydrogens (tertiary/aromatic N) is 1. The zero-order chi connectivity index (χ0) is 17.0. The minimum absolute atomic E-state index is 0.113. The lowest BCUT2D eigenvalue weighted by molar-refractivity contribution is -0.121. The van der Waals surface area contributed by atoms with Gasteiger partial charge in [-0.2, -0.15) is 0 Å². The van der Waals surface area contributed by atoms with Crippen LogP contribution in [0.2, 0.25) is 5.02 Å². The number of nitrogens with two attached hydrogens (primary N) is 1. The van der Waals surface area contributed by atoms with Gasteiger partial charge in [-0.25, -0.2) is 4.79 Å². The normalized spacial score (nSPS) is 15.1. The molecule has 4 amide bonds. The molecule has 4 N–H and O–H groups in total. The van der Waals surface area contributed by atoms with Crippen molar-refractivity contribution in [2.75, 3.05) is 23.7 Å². The van der Waals surface area contributed by atoms with Crippen LogP contribution in [-0.4, -0.2) is 35.8 Å². The highest BCUT2D eigenvalue weighted by molar-refractivity contribution is 6.34. The second-order valence-corrected chi connectivity index (χ2v) is 5.87. The molecule has 1 aliphatic heterocycles. The average Bonchev–Trinajstić information content (AvgIpc) is 2.49. The minimum Gasteiger partial charge on any atom is -0.351 e. The maximum atomic E-state index is 12.3. The number of anilines is 2. The van der Waals surface area contributed by atoms with Gasteiger partial charge in [0.25, 0.3) is 0 Å². The van der Waals surface area contributed by atoms with E-state index in [4.69, 9.17) is 17.3 Å². The highest BCUT2D eigenvalue weighted by atomic mass is 35.5. The third-order valence-electron chi connectivity index (χ3n) is 3.72. The van der Waals surface area contributed by atoms with Gasteiger partial charge in [0.2, 0.25) is 11.8 Å². The summed E-state index contributed by atoms with van der Waals surface area (Å²) in [5, 5.41) is 5.75. The van der Waals surface area contributed by atoms with Gasteiger partial charge >= 0.3 is 6.03 Å². The Balaban J connectivity index is 1.94. The molecule has 0 aliphatic carbocycles. The van der Waals surface area contributed by atoms with E-state index in [9.17, 15) is 14.4 Å². The molecular formula is C15H19ClN4O3. The molecular weight excluding hydrogens is 320 g/mol. The molecule has 124 valence electrons. The van der Waals surface area contributed by atoms with E-state index >= 15 is 0 Å². The van der Waals surface area contributed by atoms with Crippen LogP contribution in [0.3, 0.4) is 0 Å². The molecule has 1 saturated heterocycles. The van der Waals surface area contributed by atoms with Crippen LogP contribution in [-0.2, 0) is 9.59 Å². The molecule has 1 aromatic rings. The fourth-order valence-electron chi connectivity index (χ4n) is 2.49. The standard InChI is InChI=1S/C15H19ClN4O3/c1-9(21)18-13-3-2-11(8-12(13)16)19-14(22)10-4-6-20(7-5-10)15(17)23/h2-3,8,10H,4-7H2,1H3,(H2,17,23)(H,18,21)(H,19,22). The summed E-state index contributed by atoms with van der Waals surface area (Å²) in [5.74, 6) is -0.498. The predicted octanol–water partition coefficient (Wildman–Crippen LogP) is 2.03. The average molecular weight is 339 g/mol. The molecule has 7 nitrogen and oxygen atoms in total. The Morgan fingerprint density at radius 2 is 1.87 bits per heavy atom. The van der Waals surface area contributed by atoms with Crippen molar-refractivity contribution in [2.24, 2.45) is 11.7 Å². The molecule has 1 heterocycles. The van der Waals surface area contributed by atoms with E-state index in [0.29, 0.717) is 42.3 Å². The van der Waals surface area contributed by atoms with Crippen molar-refractivity contribution in [3.8, 4) is 0 Å². The van der Waals surface area contributed by atoms with E-state index in [1.165, 1.54) is 11.8 Å². The summed E-state index contributed by atoms with van der Waals surface area (Å²) in [7, 11) is 0. The smallest absolute Gasteiger partial charge is 0.314 e. The van der Waals surface area contributed by atoms with Crippen molar-refractivity contribution in [3.63, 3.8) is 0 Å². The highest BCUT2D eigenvalue weighted by Gasteiger charge is 2.26. The highest BCUT2D eigenvalue weighted by Crippen LogP contribution is 2.26. The van der Waals surface area contributed by atoms with Crippen LogP contribution < -0.4 is 16.4 Å². The van der Waals surface area contributed by atoms with E-state index in [0.717, 1.165) is 0 Å². The van der Waals surface area contributed by atoms with Gasteiger partial charge in [0.1, 0.15) is 0 Å². The number of carbonyl (C=O) groups is 3. The zero-order valence-electron chi connectivity index (χ0n) is 12.8. The van der Waals surface area contributed by atoms with Gasteiger partial charge in [-0.15, -0.1) is 0 Å². The topological polar surface area (TPSA) is 105 Å². The number of urea groups is 1. The number of hydrogen-bond acceptors (Lipinski definition) is 3. The van der Waals surface area contributed by atoms with Crippen LogP contribution in [0.1, 0.15) is 19.8 Å². The molecule has 0 unspecified atom stereocenters. The number of hydrogen-bond donors (Lipinski definition) is 3. The zero-order valence-corrected chi connectivity index (χ0v) is 13.5. The number of primary amides is 1. The Bertz CT molecular complexity index is 627. The van der Waals surface area contributed by atoms with Crippen LogP contribution >= 0.6 is 11.6 Å². The van der Waals surface area contributed by atoms with Gasteiger partial charge < -0.3 is 21.3 Å². The molecule has 0 spiro atoms. The quantitative estimate of drug-likeness (QED) is 0.785. The third kappa shape index (κ3) is 4.59. The summed E-state index contributed by atoms with van der Waals surface area (Å²) in [5.41, 5.74) is 6.27. The Morgan fingerprint density at radius 1 is 1.22 bits per heavy atom. The van der Waals surface area contributed by atoms with Crippen molar-refractivity contribution in [1.82, 2.24) is 4.90 Å². The summed E-state index contributed by atoms with van der Waals surface area (Å²) in [6.45, 7) is 2.36. The van der Waals surface area contributed by atoms with E-state index in [1.54, 1.807) is 18.2 Å². The maximum Gasteiger partial charge on any atom is 0.314 e. The lowest BCUT2D eigenvalue weighted by Crippen LogP contribution is -2.43. The monoisotopic (exact) mass is 338 g/mol. The predicted molar refractivity (Wildman–Crippen MR) is 88.3 cm³/mol. The van der Waals surface area contributed by atoms with Crippen molar-refractivity contribution >= 4 is 40.8 Å². The molecule has 0 saturated carbocycles. The van der Waals surface area contributed by atoms with E-state index in [2.05, 4.69) is 10.6 Å². The Morgan fingerprint density at radius 3 is 2.39 bits per heavy atom. The number of carbonyl (C=O) groups excluding carboxylic acids is 3. The molecule has 23 heavy (non-hydrogen) atoms. The second-order valence-electron chi connectivity index (χ2n) is 5.46. The van der Waals surface area contributed by atoms with Gasteiger partial charge in [-0.3, -0.25) is 9.59 Å². The first-order valence-electron chi connectivity index (χ1n) is 7.29. The molecule has 1 fully saturated rings. The summed E-state index contributed by atoms with van der Waals surface area (Å²) in [6, 6.07) is 4.44. The van der Waals surface area contributed by atoms with Gasteiger partial charge in [-0.05, 0) is 31.0 Å². The number of piperidine rings is 1. The SMILES string of the molecule is CC(=O)Nc1ccc(NC(=O)C2CCN(C(N)=O)CC2)cc1Cl. The summed E-state index contributed by atoms with van der Waals surface area (Å²) in [4.78, 5) is 35.9. The summed E-state index contributed by atoms with van der Waals surface area (Å²) in [6.07, 6.45) is 1.15. The van der Waals surface area contributed by atoms with Crippen LogP contribution in [0, 0.1) is 5.92 Å². The first-order valence-corrected chi connectivity index (χ1v) is 7.67. The molecule has 0 aromatic heterocycles. The molecule has 8 heteroatoms. The molecule has 0 bridgehead atoms. The van der Waals surface area contributed by atoms with Crippen molar-refractivity contribution in [3.05, 3.63) is 23.2 Å². The largest absolute Gasteiger partial charge is 0.351 e. The van der Waals surface area contributed by atoms with Crippen molar-refractivity contribution in [2.45, 2.75) is 19.8 Å². The molecule has 1 aliphatic rings. The lowest BCUT2D eigenvalue weighted by Gasteiger charge is -2.30. The number of benzene rings is 1. The number of amides is 4. The van der Waals surface area contributed by atoms with Gasteiger partial charge in [0, 0.05) is 31.6 Å². The fourth-order valence-corrected chi connectivity index (χ4v) is 2.72. The van der Waals surface area contributed by atoms with Crippen LogP contribution in [0.25, 0.3) is 0 Å². The third-order valence-corrected chi connectivity index (χ3v) is 4.04. The summed E-state index contributed by atoms with van der Waals surface area (Å²) >= 11 is 6.07. The van der Waals surface area contributed by atoms with Crippen molar-refractivity contribution < 1.29 is 14.4 Å². The van der Waals surface area contributed by atoms with Gasteiger partial charge in [0.05, 0.1) is 10.7 Å². The number of rotatable bonds is 3. The second kappa shape index (κ2) is 7.32. The van der Waals surface area contributed by atoms with Gasteiger partial charge in [0.15, 0.2) is 0 Å². The van der Waals surface area contributed by atoms with E-state index in [-0.39, 0.29) is 17.7 Å². The number of nitrogens with one attached hydrogen (secondary N) is 2. The number of halogens is 1. The molecule has 2 rings (SSSR count). The van der Waals surface area contributed by atoms with Gasteiger partial charge in [-0.1, -0.05) is 11.6 Å². The molecule has 0 radical (unpaired) electrons. The Labute approximate surface area is 139 Å². The first-order chi connectivity index (χ1) is 10.9. The van der Waals surface area contributed by atoms with Crippen LogP contribution in [0.5, 0.6) is 0 Å². The van der Waals surface area contributed by atoms with Crippen molar-refractivity contribution in [1.29, 1.82) is 0 Å². The Hall–Kier alpha value is -2.28. The number of likely N-dealkylation sites (tertiary alicyclic amines) is 1. The fraction of sp³-hybridized carbons (Fsp3) is 0.400. The minimum atomic E-state index is -0.454. The lowest BCUT2D eigenvalue weighted by atomic mass is 9.96. The van der Waals surface area contributed by atoms with E-state index in [1.807, 2.05) is 0 Å². The van der Waals surface area contributed by atoms with Crippen LogP contribution in [0.4, 0.5) is 16.2 Å². The first kappa shape index (κ1) is 17.1. The van der Waals surface area contributed by atoms with Crippen LogP contribution in [0.15, 0.2) is 18.2 Å². The molecule has 1 aromatic carbocycles. The molecule has 0 atom stereocenters. The summed E-state index contributed by atoms with van der Waals surface area (Å²) < 4.78 is 0. The maximum absolute atomic E-state index is 12.3. The van der Waals surface area contributed by atoms with E-state index < -0.39 is 6.03 Å².